The lowest BCUT2D eigenvalue weighted by molar-refractivity contribution is -0.115. The van der Waals surface area contributed by atoms with Crippen LogP contribution in [0.5, 0.6) is 0 Å². The first-order valence-corrected chi connectivity index (χ1v) is 17.2. The number of carbonyl (C=O) groups excluding carboxylic acids is 2. The topological polar surface area (TPSA) is 151 Å². The summed E-state index contributed by atoms with van der Waals surface area (Å²) >= 11 is 0. The lowest BCUT2D eigenvalue weighted by Gasteiger charge is -2.34. The van der Waals surface area contributed by atoms with Crippen molar-refractivity contribution in [3.05, 3.63) is 48.5 Å². The Hall–Kier alpha value is -2.80. The van der Waals surface area contributed by atoms with Crippen LogP contribution in [0.4, 0.5) is 11.4 Å². The second-order valence-electron chi connectivity index (χ2n) is 11.3. The zero-order chi connectivity index (χ0) is 29.6. The maximum Gasteiger partial charge on any atom is 0.240 e. The van der Waals surface area contributed by atoms with Gasteiger partial charge >= 0.3 is 0 Å². The van der Waals surface area contributed by atoms with E-state index < -0.39 is 20.0 Å². The first-order chi connectivity index (χ1) is 19.4. The Morgan fingerprint density at radius 1 is 0.585 bits per heavy atom. The smallest absolute Gasteiger partial charge is 0.240 e. The number of nitrogens with one attached hydrogen (secondary N) is 4. The molecule has 2 fully saturated rings. The Morgan fingerprint density at radius 2 is 0.902 bits per heavy atom. The summed E-state index contributed by atoms with van der Waals surface area (Å²) in [6, 6.07) is 12.1. The Labute approximate surface area is 243 Å². The minimum atomic E-state index is -3.63. The maximum absolute atomic E-state index is 12.8. The molecule has 0 atom stereocenters. The molecule has 0 radical (unpaired) electrons. The van der Waals surface area contributed by atoms with E-state index in [4.69, 9.17) is 0 Å². The van der Waals surface area contributed by atoms with Gasteiger partial charge in [-0.05, 0) is 118 Å². The van der Waals surface area contributed by atoms with E-state index in [-0.39, 0.29) is 33.7 Å². The monoisotopic (exact) mass is 604 g/mol. The van der Waals surface area contributed by atoms with Crippen LogP contribution in [0.3, 0.4) is 0 Å². The Balaban J connectivity index is 1.18. The summed E-state index contributed by atoms with van der Waals surface area (Å²) in [4.78, 5) is 22.7. The normalized spacial score (nSPS) is 23.5. The van der Waals surface area contributed by atoms with Crippen LogP contribution in [-0.4, -0.2) is 40.7 Å². The Morgan fingerprint density at radius 3 is 1.20 bits per heavy atom. The molecule has 0 saturated heterocycles. The third kappa shape index (κ3) is 9.09. The van der Waals surface area contributed by atoms with Crippen LogP contribution in [0.2, 0.25) is 0 Å². The SMILES string of the molecule is CC(=O)Nc1ccc(S(=O)(=O)NC2CCC(CC3CCC(NS(=O)(=O)c4ccc(NC(C)=O)cc4)CC3)CC2)cc1. The van der Waals surface area contributed by atoms with Crippen LogP contribution in [-0.2, 0) is 29.6 Å². The van der Waals surface area contributed by atoms with E-state index in [1.54, 1.807) is 24.3 Å². The molecule has 12 heteroatoms. The number of hydrogen-bond acceptors (Lipinski definition) is 6. The largest absolute Gasteiger partial charge is 0.326 e. The number of hydrogen-bond donors (Lipinski definition) is 4. The lowest BCUT2D eigenvalue weighted by Crippen LogP contribution is -2.39. The summed E-state index contributed by atoms with van der Waals surface area (Å²) in [5, 5.41) is 5.27. The van der Waals surface area contributed by atoms with Crippen molar-refractivity contribution in [3.8, 4) is 0 Å². The van der Waals surface area contributed by atoms with Gasteiger partial charge in [0.15, 0.2) is 0 Å². The summed E-state index contributed by atoms with van der Waals surface area (Å²) < 4.78 is 57.1. The molecule has 10 nitrogen and oxygen atoms in total. The Kier molecular flexibility index (Phi) is 10.2. The van der Waals surface area contributed by atoms with Crippen LogP contribution >= 0.6 is 0 Å². The van der Waals surface area contributed by atoms with Gasteiger partial charge in [0.1, 0.15) is 0 Å². The van der Waals surface area contributed by atoms with Crippen molar-refractivity contribution in [1.82, 2.24) is 9.44 Å². The molecule has 2 saturated carbocycles. The van der Waals surface area contributed by atoms with Crippen molar-refractivity contribution < 1.29 is 26.4 Å². The van der Waals surface area contributed by atoms with Crippen LogP contribution in [0.15, 0.2) is 58.3 Å². The summed E-state index contributed by atoms with van der Waals surface area (Å²) in [7, 11) is -7.27. The summed E-state index contributed by atoms with van der Waals surface area (Å²) in [6.07, 6.45) is 8.14. The molecule has 2 aromatic carbocycles. The highest BCUT2D eigenvalue weighted by Gasteiger charge is 2.30. The van der Waals surface area contributed by atoms with Gasteiger partial charge < -0.3 is 10.6 Å². The van der Waals surface area contributed by atoms with Crippen molar-refractivity contribution in [3.63, 3.8) is 0 Å². The van der Waals surface area contributed by atoms with Gasteiger partial charge in [-0.15, -0.1) is 0 Å². The number of rotatable bonds is 10. The highest BCUT2D eigenvalue weighted by molar-refractivity contribution is 7.89. The van der Waals surface area contributed by atoms with E-state index in [1.807, 2.05) is 0 Å². The number of amides is 2. The molecule has 0 aliphatic heterocycles. The van der Waals surface area contributed by atoms with Gasteiger partial charge in [-0.2, -0.15) is 0 Å². The molecule has 224 valence electrons. The van der Waals surface area contributed by atoms with Gasteiger partial charge in [0, 0.05) is 37.3 Å². The average molecular weight is 605 g/mol. The van der Waals surface area contributed by atoms with E-state index in [1.165, 1.54) is 38.1 Å². The maximum atomic E-state index is 12.8. The molecule has 41 heavy (non-hydrogen) atoms. The molecule has 0 unspecified atom stereocenters. The van der Waals surface area contributed by atoms with E-state index >= 15 is 0 Å². The molecule has 4 rings (SSSR count). The van der Waals surface area contributed by atoms with Gasteiger partial charge in [-0.3, -0.25) is 9.59 Å². The van der Waals surface area contributed by atoms with Crippen molar-refractivity contribution in [2.24, 2.45) is 11.8 Å². The molecule has 2 aliphatic rings. The quantitative estimate of drug-likeness (QED) is 0.316. The van der Waals surface area contributed by atoms with Crippen LogP contribution in [0, 0.1) is 11.8 Å². The van der Waals surface area contributed by atoms with Crippen LogP contribution in [0.1, 0.15) is 71.6 Å². The second kappa shape index (κ2) is 13.5. The molecule has 0 heterocycles. The zero-order valence-corrected chi connectivity index (χ0v) is 25.2. The lowest BCUT2D eigenvalue weighted by atomic mass is 9.76. The standard InChI is InChI=1S/C29H40N4O6S2/c1-20(34)30-24-11-15-28(16-12-24)40(36,37)32-26-7-3-22(4-8-26)19-23-5-9-27(10-6-23)33-41(38,39)29-17-13-25(14-18-29)31-21(2)35/h11-18,22-23,26-27,32-33H,3-10,19H2,1-2H3,(H,30,34)(H,31,35). The van der Waals surface area contributed by atoms with Crippen molar-refractivity contribution in [1.29, 1.82) is 0 Å². The second-order valence-corrected chi connectivity index (χ2v) is 14.8. The predicted octanol–water partition coefficient (Wildman–Crippen LogP) is 4.37. The first kappa shape index (κ1) is 31.1. The highest BCUT2D eigenvalue weighted by Crippen LogP contribution is 2.36. The minimum absolute atomic E-state index is 0.0938. The molecule has 4 N–H and O–H groups in total. The minimum Gasteiger partial charge on any atom is -0.326 e. The fraction of sp³-hybridized carbons (Fsp3) is 0.517. The van der Waals surface area contributed by atoms with Crippen molar-refractivity contribution >= 4 is 43.2 Å². The van der Waals surface area contributed by atoms with Gasteiger partial charge in [0.2, 0.25) is 31.9 Å². The van der Waals surface area contributed by atoms with Crippen molar-refractivity contribution in [2.45, 2.75) is 93.5 Å². The van der Waals surface area contributed by atoms with Gasteiger partial charge in [-0.1, -0.05) is 0 Å². The van der Waals surface area contributed by atoms with E-state index in [2.05, 4.69) is 20.1 Å². The number of benzene rings is 2. The molecule has 0 spiro atoms. The van der Waals surface area contributed by atoms with Crippen molar-refractivity contribution in [2.75, 3.05) is 10.6 Å². The Bertz CT molecular complexity index is 1300. The number of carbonyl (C=O) groups is 2. The molecule has 0 bridgehead atoms. The first-order valence-electron chi connectivity index (χ1n) is 14.2. The molecule has 2 amide bonds. The van der Waals surface area contributed by atoms with E-state index in [0.717, 1.165) is 57.8 Å². The molecule has 2 aromatic rings. The predicted molar refractivity (Wildman–Crippen MR) is 158 cm³/mol. The molecule has 2 aliphatic carbocycles. The molecular formula is C29H40N4O6S2. The van der Waals surface area contributed by atoms with E-state index in [0.29, 0.717) is 23.2 Å². The van der Waals surface area contributed by atoms with Gasteiger partial charge in [0.25, 0.3) is 0 Å². The molecule has 0 aromatic heterocycles. The average Bonchev–Trinajstić information content (AvgIpc) is 2.90. The number of anilines is 2. The van der Waals surface area contributed by atoms with Crippen LogP contribution in [0.25, 0.3) is 0 Å². The summed E-state index contributed by atoms with van der Waals surface area (Å²) in [6.45, 7) is 2.80. The van der Waals surface area contributed by atoms with Gasteiger partial charge in [0.05, 0.1) is 9.79 Å². The third-order valence-electron chi connectivity index (χ3n) is 7.97. The van der Waals surface area contributed by atoms with Crippen LogP contribution < -0.4 is 20.1 Å². The summed E-state index contributed by atoms with van der Waals surface area (Å²) in [5.41, 5.74) is 1.11. The third-order valence-corrected chi connectivity index (χ3v) is 11.0. The summed E-state index contributed by atoms with van der Waals surface area (Å²) in [5.74, 6) is 0.675. The van der Waals surface area contributed by atoms with E-state index in [9.17, 15) is 26.4 Å². The molecular weight excluding hydrogens is 564 g/mol. The number of sulfonamides is 2. The highest BCUT2D eigenvalue weighted by atomic mass is 32.2. The van der Waals surface area contributed by atoms with Gasteiger partial charge in [-0.25, -0.2) is 26.3 Å². The fourth-order valence-electron chi connectivity index (χ4n) is 5.92. The zero-order valence-electron chi connectivity index (χ0n) is 23.6. The fourth-order valence-corrected chi connectivity index (χ4v) is 8.53.